The Balaban J connectivity index is 1.99. The van der Waals surface area contributed by atoms with Crippen LogP contribution in [0.25, 0.3) is 11.0 Å². The Bertz CT molecular complexity index is 827. The standard InChI is InChI=1S/C16H13N3O/c1-3-11-8-12(17)4-7-16(11)20-13-5-6-15-14(9-13)18-10-19(15)2/h1,4-10H,17H2,2H3. The van der Waals surface area contributed by atoms with Crippen LogP contribution in [0.5, 0.6) is 11.5 Å². The highest BCUT2D eigenvalue weighted by Crippen LogP contribution is 2.28. The van der Waals surface area contributed by atoms with E-state index in [4.69, 9.17) is 16.9 Å². The molecule has 0 aliphatic rings. The summed E-state index contributed by atoms with van der Waals surface area (Å²) in [6.45, 7) is 0. The molecule has 0 amide bonds. The summed E-state index contributed by atoms with van der Waals surface area (Å²) in [5.41, 5.74) is 8.88. The normalized spacial score (nSPS) is 10.4. The molecule has 3 aromatic rings. The number of anilines is 1. The molecule has 0 saturated carbocycles. The van der Waals surface area contributed by atoms with Gasteiger partial charge >= 0.3 is 0 Å². The number of fused-ring (bicyclic) bond motifs is 1. The van der Waals surface area contributed by atoms with Crippen molar-refractivity contribution in [3.05, 3.63) is 48.3 Å². The third-order valence-corrected chi connectivity index (χ3v) is 3.08. The van der Waals surface area contributed by atoms with Gasteiger partial charge < -0.3 is 15.0 Å². The van der Waals surface area contributed by atoms with Crippen molar-refractivity contribution in [2.45, 2.75) is 0 Å². The highest BCUT2D eigenvalue weighted by Gasteiger charge is 2.06. The lowest BCUT2D eigenvalue weighted by Gasteiger charge is -2.08. The molecule has 0 fully saturated rings. The van der Waals surface area contributed by atoms with Crippen molar-refractivity contribution in [3.63, 3.8) is 0 Å². The van der Waals surface area contributed by atoms with E-state index in [-0.39, 0.29) is 0 Å². The van der Waals surface area contributed by atoms with E-state index >= 15 is 0 Å². The second kappa shape index (κ2) is 4.63. The fourth-order valence-electron chi connectivity index (χ4n) is 2.06. The average molecular weight is 263 g/mol. The number of rotatable bonds is 2. The molecule has 98 valence electrons. The molecule has 0 aliphatic carbocycles. The Morgan fingerprint density at radius 3 is 2.90 bits per heavy atom. The minimum atomic E-state index is 0.608. The van der Waals surface area contributed by atoms with E-state index in [0.29, 0.717) is 22.7 Å². The Labute approximate surface area is 116 Å². The summed E-state index contributed by atoms with van der Waals surface area (Å²) < 4.78 is 7.78. The first-order valence-electron chi connectivity index (χ1n) is 6.12. The van der Waals surface area contributed by atoms with Crippen LogP contribution in [0.2, 0.25) is 0 Å². The van der Waals surface area contributed by atoms with E-state index in [1.807, 2.05) is 29.8 Å². The zero-order valence-electron chi connectivity index (χ0n) is 11.0. The van der Waals surface area contributed by atoms with Crippen molar-refractivity contribution in [1.82, 2.24) is 9.55 Å². The summed E-state index contributed by atoms with van der Waals surface area (Å²) in [6, 6.07) is 11.0. The van der Waals surface area contributed by atoms with Crippen LogP contribution in [-0.2, 0) is 7.05 Å². The molecule has 0 spiro atoms. The van der Waals surface area contributed by atoms with Crippen LogP contribution in [0.3, 0.4) is 0 Å². The lowest BCUT2D eigenvalue weighted by atomic mass is 10.2. The highest BCUT2D eigenvalue weighted by atomic mass is 16.5. The van der Waals surface area contributed by atoms with Gasteiger partial charge in [0.1, 0.15) is 11.5 Å². The molecule has 4 heteroatoms. The van der Waals surface area contributed by atoms with Gasteiger partial charge in [-0.2, -0.15) is 0 Å². The van der Waals surface area contributed by atoms with E-state index in [1.165, 1.54) is 0 Å². The molecule has 0 radical (unpaired) electrons. The maximum Gasteiger partial charge on any atom is 0.143 e. The first-order valence-corrected chi connectivity index (χ1v) is 6.12. The number of nitrogens with two attached hydrogens (primary N) is 1. The SMILES string of the molecule is C#Cc1cc(N)ccc1Oc1ccc2c(c1)ncn2C. The van der Waals surface area contributed by atoms with Gasteiger partial charge in [0.25, 0.3) is 0 Å². The zero-order valence-corrected chi connectivity index (χ0v) is 11.0. The topological polar surface area (TPSA) is 53.1 Å². The van der Waals surface area contributed by atoms with Gasteiger partial charge in [-0.15, -0.1) is 6.42 Å². The Kier molecular flexibility index (Phi) is 2.81. The second-order valence-electron chi connectivity index (χ2n) is 4.51. The van der Waals surface area contributed by atoms with Crippen molar-refractivity contribution in [1.29, 1.82) is 0 Å². The van der Waals surface area contributed by atoms with Crippen LogP contribution in [0.1, 0.15) is 5.56 Å². The summed E-state index contributed by atoms with van der Waals surface area (Å²) in [6.07, 6.45) is 7.23. The van der Waals surface area contributed by atoms with Crippen LogP contribution in [0, 0.1) is 12.3 Å². The molecule has 1 aromatic heterocycles. The summed E-state index contributed by atoms with van der Waals surface area (Å²) in [4.78, 5) is 4.30. The second-order valence-corrected chi connectivity index (χ2v) is 4.51. The number of nitrogens with zero attached hydrogens (tertiary/aromatic N) is 2. The smallest absolute Gasteiger partial charge is 0.143 e. The maximum atomic E-state index is 5.83. The monoisotopic (exact) mass is 263 g/mol. The fraction of sp³-hybridized carbons (Fsp3) is 0.0625. The number of ether oxygens (including phenoxy) is 1. The van der Waals surface area contributed by atoms with Gasteiger partial charge in [-0.1, -0.05) is 5.92 Å². The number of aryl methyl sites for hydroxylation is 1. The van der Waals surface area contributed by atoms with Crippen molar-refractivity contribution in [2.24, 2.45) is 7.05 Å². The quantitative estimate of drug-likeness (QED) is 0.571. The van der Waals surface area contributed by atoms with E-state index in [0.717, 1.165) is 11.0 Å². The van der Waals surface area contributed by atoms with Gasteiger partial charge in [-0.05, 0) is 30.3 Å². The number of nitrogen functional groups attached to an aromatic ring is 1. The van der Waals surface area contributed by atoms with Crippen LogP contribution in [0.15, 0.2) is 42.7 Å². The van der Waals surface area contributed by atoms with E-state index < -0.39 is 0 Å². The molecule has 20 heavy (non-hydrogen) atoms. The van der Waals surface area contributed by atoms with Crippen LogP contribution in [-0.4, -0.2) is 9.55 Å². The molecular formula is C16H13N3O. The highest BCUT2D eigenvalue weighted by molar-refractivity contribution is 5.77. The first-order chi connectivity index (χ1) is 9.67. The first kappa shape index (κ1) is 12.1. The number of aromatic nitrogens is 2. The van der Waals surface area contributed by atoms with Crippen molar-refractivity contribution < 1.29 is 4.74 Å². The average Bonchev–Trinajstić information content (AvgIpc) is 2.82. The summed E-state index contributed by atoms with van der Waals surface area (Å²) in [7, 11) is 1.95. The molecule has 0 atom stereocenters. The van der Waals surface area contributed by atoms with Gasteiger partial charge in [0.2, 0.25) is 0 Å². The van der Waals surface area contributed by atoms with Crippen molar-refractivity contribution >= 4 is 16.7 Å². The molecule has 1 heterocycles. The Hall–Kier alpha value is -2.93. The van der Waals surface area contributed by atoms with E-state index in [9.17, 15) is 0 Å². The maximum absolute atomic E-state index is 5.83. The van der Waals surface area contributed by atoms with Crippen LogP contribution < -0.4 is 10.5 Å². The third-order valence-electron chi connectivity index (χ3n) is 3.08. The summed E-state index contributed by atoms with van der Waals surface area (Å²) in [5.74, 6) is 3.87. The molecular weight excluding hydrogens is 250 g/mol. The zero-order chi connectivity index (χ0) is 14.1. The van der Waals surface area contributed by atoms with Gasteiger partial charge in [0, 0.05) is 18.8 Å². The lowest BCUT2D eigenvalue weighted by Crippen LogP contribution is -1.91. The largest absolute Gasteiger partial charge is 0.456 e. The number of terminal acetylenes is 1. The molecule has 0 bridgehead atoms. The van der Waals surface area contributed by atoms with Crippen molar-refractivity contribution in [2.75, 3.05) is 5.73 Å². The third kappa shape index (κ3) is 2.06. The van der Waals surface area contributed by atoms with Crippen LogP contribution >= 0.6 is 0 Å². The summed E-state index contributed by atoms with van der Waals surface area (Å²) in [5, 5.41) is 0. The minimum absolute atomic E-state index is 0.608. The number of benzene rings is 2. The van der Waals surface area contributed by atoms with E-state index in [2.05, 4.69) is 10.9 Å². The molecule has 0 unspecified atom stereocenters. The van der Waals surface area contributed by atoms with Crippen LogP contribution in [0.4, 0.5) is 5.69 Å². The molecule has 2 aromatic carbocycles. The minimum Gasteiger partial charge on any atom is -0.456 e. The number of hydrogen-bond donors (Lipinski definition) is 1. The predicted octanol–water partition coefficient (Wildman–Crippen LogP) is 2.93. The molecule has 0 aliphatic heterocycles. The van der Waals surface area contributed by atoms with Gasteiger partial charge in [-0.25, -0.2) is 4.98 Å². The lowest BCUT2D eigenvalue weighted by molar-refractivity contribution is 0.482. The fourth-order valence-corrected chi connectivity index (χ4v) is 2.06. The Morgan fingerprint density at radius 2 is 2.10 bits per heavy atom. The van der Waals surface area contributed by atoms with Gasteiger partial charge in [0.05, 0.1) is 22.9 Å². The molecule has 2 N–H and O–H groups in total. The van der Waals surface area contributed by atoms with Crippen molar-refractivity contribution in [3.8, 4) is 23.8 Å². The Morgan fingerprint density at radius 1 is 1.25 bits per heavy atom. The predicted molar refractivity (Wildman–Crippen MR) is 79.6 cm³/mol. The summed E-state index contributed by atoms with van der Waals surface area (Å²) >= 11 is 0. The number of imidazole rings is 1. The molecule has 0 saturated heterocycles. The number of hydrogen-bond acceptors (Lipinski definition) is 3. The molecule has 3 rings (SSSR count). The van der Waals surface area contributed by atoms with Gasteiger partial charge in [0.15, 0.2) is 0 Å². The molecule has 4 nitrogen and oxygen atoms in total. The van der Waals surface area contributed by atoms with E-state index in [1.54, 1.807) is 24.5 Å². The van der Waals surface area contributed by atoms with Gasteiger partial charge in [-0.3, -0.25) is 0 Å².